The number of ketones is 1. The van der Waals surface area contributed by atoms with Gasteiger partial charge in [-0.2, -0.15) is 12.6 Å². The van der Waals surface area contributed by atoms with Crippen molar-refractivity contribution in [1.29, 1.82) is 0 Å². The summed E-state index contributed by atoms with van der Waals surface area (Å²) in [5, 5.41) is 12.7. The number of thiol groups is 1. The number of esters is 1. The van der Waals surface area contributed by atoms with Crippen molar-refractivity contribution in [3.8, 4) is 0 Å². The second-order valence-electron chi connectivity index (χ2n) is 4.89. The Morgan fingerprint density at radius 1 is 1.31 bits per heavy atom. The molecule has 11 heteroatoms. The molecular weight excluding hydrogens is 364 g/mol. The number of nitrogens with two attached hydrogens (primary N) is 1. The van der Waals surface area contributed by atoms with Gasteiger partial charge >= 0.3 is 5.97 Å². The number of amides is 1. The molecule has 3 N–H and O–H groups in total. The molecule has 0 aliphatic rings. The standard InChI is InChI=1S/C10H17NO4S.C5H5N3O2/c1-15-10(14)8(12)4-2-3-5-9(13)11-6-7-16;6-5-2-1-4(3-7-5)8(9)10/h16H,2-7H2,1H3,(H,11,13);1-3H,(H2,6,7). The third kappa shape index (κ3) is 11.0. The van der Waals surface area contributed by atoms with Gasteiger partial charge in [0.2, 0.25) is 11.7 Å². The molecule has 144 valence electrons. The van der Waals surface area contributed by atoms with Gasteiger partial charge in [-0.3, -0.25) is 19.7 Å². The first kappa shape index (κ1) is 23.3. The van der Waals surface area contributed by atoms with Crippen molar-refractivity contribution in [1.82, 2.24) is 10.3 Å². The SMILES string of the molecule is COC(=O)C(=O)CCCCC(=O)NCCS.Nc1ccc([N+](=O)[O-])cn1. The summed E-state index contributed by atoms with van der Waals surface area (Å²) >= 11 is 3.95. The molecule has 0 saturated heterocycles. The number of carbonyl (C=O) groups excluding carboxylic acids is 3. The fraction of sp³-hybridized carbons (Fsp3) is 0.467. The van der Waals surface area contributed by atoms with Gasteiger partial charge in [-0.1, -0.05) is 0 Å². The van der Waals surface area contributed by atoms with Crippen LogP contribution in [-0.4, -0.2) is 47.0 Å². The summed E-state index contributed by atoms with van der Waals surface area (Å²) in [7, 11) is 1.17. The molecule has 0 aliphatic carbocycles. The number of methoxy groups -OCH3 is 1. The maximum absolute atomic E-state index is 11.1. The molecule has 1 heterocycles. The monoisotopic (exact) mass is 386 g/mol. The van der Waals surface area contributed by atoms with Gasteiger partial charge in [-0.25, -0.2) is 9.78 Å². The highest BCUT2D eigenvalue weighted by Crippen LogP contribution is 2.08. The lowest BCUT2D eigenvalue weighted by atomic mass is 10.1. The van der Waals surface area contributed by atoms with E-state index < -0.39 is 16.7 Å². The van der Waals surface area contributed by atoms with Crippen molar-refractivity contribution in [3.63, 3.8) is 0 Å². The zero-order valence-electron chi connectivity index (χ0n) is 14.3. The Kier molecular flexibility index (Phi) is 12.2. The van der Waals surface area contributed by atoms with Crippen LogP contribution < -0.4 is 11.1 Å². The van der Waals surface area contributed by atoms with Gasteiger partial charge in [0.15, 0.2) is 0 Å². The first-order valence-corrected chi connectivity index (χ1v) is 8.29. The van der Waals surface area contributed by atoms with E-state index in [1.807, 2.05) is 0 Å². The number of Topliss-reactive ketones (excluding diaryl/α,β-unsaturated/α-hetero) is 1. The lowest BCUT2D eigenvalue weighted by Gasteiger charge is -2.02. The molecule has 0 fully saturated rings. The summed E-state index contributed by atoms with van der Waals surface area (Å²) in [5.74, 6) is -0.532. The quantitative estimate of drug-likeness (QED) is 0.141. The molecule has 1 rings (SSSR count). The molecule has 0 spiro atoms. The fourth-order valence-electron chi connectivity index (χ4n) is 1.58. The van der Waals surface area contributed by atoms with E-state index in [-0.39, 0.29) is 23.8 Å². The molecule has 0 unspecified atom stereocenters. The number of rotatable bonds is 9. The molecule has 0 radical (unpaired) electrons. The smallest absolute Gasteiger partial charge is 0.374 e. The van der Waals surface area contributed by atoms with Crippen LogP contribution in [-0.2, 0) is 19.1 Å². The molecule has 0 aliphatic heterocycles. The maximum Gasteiger partial charge on any atom is 0.374 e. The van der Waals surface area contributed by atoms with Crippen LogP contribution >= 0.6 is 12.6 Å². The van der Waals surface area contributed by atoms with Gasteiger partial charge in [-0.05, 0) is 18.9 Å². The van der Waals surface area contributed by atoms with E-state index in [1.165, 1.54) is 19.2 Å². The number of aromatic nitrogens is 1. The third-order valence-corrected chi connectivity index (χ3v) is 3.11. The van der Waals surface area contributed by atoms with Crippen molar-refractivity contribution in [2.24, 2.45) is 0 Å². The number of nitrogens with zero attached hydrogens (tertiary/aromatic N) is 2. The summed E-state index contributed by atoms with van der Waals surface area (Å²) in [5.41, 5.74) is 5.15. The van der Waals surface area contributed by atoms with Crippen LogP contribution in [0.1, 0.15) is 25.7 Å². The minimum atomic E-state index is -0.820. The number of anilines is 1. The van der Waals surface area contributed by atoms with Gasteiger partial charge in [-0.15, -0.1) is 0 Å². The fourth-order valence-corrected chi connectivity index (χ4v) is 1.69. The number of hydrogen-bond acceptors (Lipinski definition) is 9. The van der Waals surface area contributed by atoms with Crippen molar-refractivity contribution in [3.05, 3.63) is 28.4 Å². The number of pyridine rings is 1. The average molecular weight is 386 g/mol. The minimum absolute atomic E-state index is 0.0470. The lowest BCUT2D eigenvalue weighted by Crippen LogP contribution is -2.24. The van der Waals surface area contributed by atoms with Crippen LogP contribution in [0, 0.1) is 10.1 Å². The van der Waals surface area contributed by atoms with E-state index in [2.05, 4.69) is 27.7 Å². The van der Waals surface area contributed by atoms with Crippen molar-refractivity contribution in [2.45, 2.75) is 25.7 Å². The number of ether oxygens (including phenoxy) is 1. The van der Waals surface area contributed by atoms with Crippen molar-refractivity contribution in [2.75, 3.05) is 25.1 Å². The molecule has 1 amide bonds. The van der Waals surface area contributed by atoms with E-state index in [0.29, 0.717) is 31.6 Å². The second kappa shape index (κ2) is 13.6. The number of nitrogen functional groups attached to an aromatic ring is 1. The van der Waals surface area contributed by atoms with Crippen LogP contribution in [0.25, 0.3) is 0 Å². The van der Waals surface area contributed by atoms with E-state index in [1.54, 1.807) is 0 Å². The van der Waals surface area contributed by atoms with Crippen LogP contribution in [0.5, 0.6) is 0 Å². The van der Waals surface area contributed by atoms with E-state index in [4.69, 9.17) is 5.73 Å². The van der Waals surface area contributed by atoms with Gasteiger partial charge in [0.1, 0.15) is 12.0 Å². The Hall–Kier alpha value is -2.69. The van der Waals surface area contributed by atoms with Crippen LogP contribution in [0.3, 0.4) is 0 Å². The Morgan fingerprint density at radius 3 is 2.46 bits per heavy atom. The molecule has 10 nitrogen and oxygen atoms in total. The average Bonchev–Trinajstić information content (AvgIpc) is 2.63. The molecular formula is C15H22N4O6S. The number of unbranched alkanes of at least 4 members (excludes halogenated alkanes) is 1. The summed E-state index contributed by atoms with van der Waals surface area (Å²) < 4.78 is 4.27. The molecule has 0 aromatic carbocycles. The Labute approximate surface area is 156 Å². The molecule has 1 aromatic heterocycles. The van der Waals surface area contributed by atoms with Crippen LogP contribution in [0.4, 0.5) is 11.5 Å². The summed E-state index contributed by atoms with van der Waals surface area (Å²) in [6, 6.07) is 2.69. The van der Waals surface area contributed by atoms with E-state index >= 15 is 0 Å². The van der Waals surface area contributed by atoms with E-state index in [0.717, 1.165) is 6.20 Å². The highest BCUT2D eigenvalue weighted by atomic mass is 32.1. The summed E-state index contributed by atoms with van der Waals surface area (Å²) in [6.07, 6.45) is 2.72. The minimum Gasteiger partial charge on any atom is -0.463 e. The van der Waals surface area contributed by atoms with Gasteiger partial charge in [0.25, 0.3) is 5.69 Å². The van der Waals surface area contributed by atoms with Gasteiger partial charge in [0.05, 0.1) is 12.0 Å². The molecule has 0 bridgehead atoms. The van der Waals surface area contributed by atoms with Gasteiger partial charge in [0, 0.05) is 31.2 Å². The topological polar surface area (TPSA) is 155 Å². The van der Waals surface area contributed by atoms with Crippen molar-refractivity contribution >= 4 is 41.8 Å². The van der Waals surface area contributed by atoms with Crippen LogP contribution in [0.2, 0.25) is 0 Å². The molecule has 0 saturated carbocycles. The Morgan fingerprint density at radius 2 is 1.96 bits per heavy atom. The predicted molar refractivity (Wildman–Crippen MR) is 97.7 cm³/mol. The normalized spacial score (nSPS) is 9.46. The zero-order chi connectivity index (χ0) is 19.9. The highest BCUT2D eigenvalue weighted by molar-refractivity contribution is 7.80. The number of carbonyl (C=O) groups is 3. The molecule has 1 aromatic rings. The summed E-state index contributed by atoms with van der Waals surface area (Å²) in [4.78, 5) is 45.9. The number of nitro groups is 1. The van der Waals surface area contributed by atoms with Gasteiger partial charge < -0.3 is 15.8 Å². The zero-order valence-corrected chi connectivity index (χ0v) is 15.2. The largest absolute Gasteiger partial charge is 0.463 e. The lowest BCUT2D eigenvalue weighted by molar-refractivity contribution is -0.385. The maximum atomic E-state index is 11.1. The Balaban J connectivity index is 0.000000531. The Bertz CT molecular complexity index is 609. The predicted octanol–water partition coefficient (Wildman–Crippen LogP) is 0.907. The van der Waals surface area contributed by atoms with E-state index in [9.17, 15) is 24.5 Å². The summed E-state index contributed by atoms with van der Waals surface area (Å²) in [6.45, 7) is 0.545. The number of nitrogens with one attached hydrogen (secondary N) is 1. The first-order chi connectivity index (χ1) is 12.3. The van der Waals surface area contributed by atoms with Crippen LogP contribution in [0.15, 0.2) is 18.3 Å². The first-order valence-electron chi connectivity index (χ1n) is 7.66. The third-order valence-electron chi connectivity index (χ3n) is 2.89. The molecule has 26 heavy (non-hydrogen) atoms. The highest BCUT2D eigenvalue weighted by Gasteiger charge is 2.12. The number of hydrogen-bond donors (Lipinski definition) is 3. The van der Waals surface area contributed by atoms with Crippen molar-refractivity contribution < 1.29 is 24.0 Å². The molecule has 0 atom stereocenters. The second-order valence-corrected chi connectivity index (χ2v) is 5.34.